The summed E-state index contributed by atoms with van der Waals surface area (Å²) in [5, 5.41) is 0. The standard InChI is InChI=1S/C6H14.2C4H10.C3H8.C2H6/c1-3-5-6-4-2;2*1-3-4-2;1-3-2;1-2/h3-6H2,1-2H3;2*3-4H2,1-2H3;3H2,1-2H3;1-2H3. The number of unbranched alkanes of at least 4 members (excludes halogenated alkanes) is 5. The molecule has 0 aromatic rings. The quantitative estimate of drug-likeness (QED) is 0.441. The third-order valence-electron chi connectivity index (χ3n) is 1.96. The lowest BCUT2D eigenvalue weighted by atomic mass is 10.2. The summed E-state index contributed by atoms with van der Waals surface area (Å²) >= 11 is 0. The van der Waals surface area contributed by atoms with Crippen molar-refractivity contribution in [3.8, 4) is 0 Å². The maximum Gasteiger partial charge on any atom is -0.0536 e. The van der Waals surface area contributed by atoms with Crippen LogP contribution >= 0.6 is 0 Å². The van der Waals surface area contributed by atoms with Gasteiger partial charge in [-0.05, 0) is 0 Å². The molecule has 0 aliphatic carbocycles. The highest BCUT2D eigenvalue weighted by molar-refractivity contribution is 4.31. The molecule has 0 saturated heterocycles. The van der Waals surface area contributed by atoms with E-state index in [1.807, 2.05) is 13.8 Å². The van der Waals surface area contributed by atoms with Crippen LogP contribution in [0.25, 0.3) is 0 Å². The molecular weight excluding hydrogens is 228 g/mol. The van der Waals surface area contributed by atoms with E-state index in [1.54, 1.807) is 0 Å². The van der Waals surface area contributed by atoms with Crippen LogP contribution in [0.2, 0.25) is 0 Å². The molecule has 19 heavy (non-hydrogen) atoms. The molecule has 0 radical (unpaired) electrons. The van der Waals surface area contributed by atoms with Crippen LogP contribution in [0.4, 0.5) is 0 Å². The van der Waals surface area contributed by atoms with Crippen LogP contribution in [-0.4, -0.2) is 0 Å². The molecule has 0 spiro atoms. The molecule has 0 heteroatoms. The summed E-state index contributed by atoms with van der Waals surface area (Å²) in [6.07, 6.45) is 12.1. The van der Waals surface area contributed by atoms with Crippen molar-refractivity contribution >= 4 is 0 Å². The summed E-state index contributed by atoms with van der Waals surface area (Å²) < 4.78 is 0. The molecule has 0 rings (SSSR count). The molecular formula is C19H48. The Balaban J connectivity index is -0.0000000452. The van der Waals surface area contributed by atoms with E-state index in [9.17, 15) is 0 Å². The zero-order chi connectivity index (χ0) is 16.4. The Morgan fingerprint density at radius 3 is 0.579 bits per heavy atom. The number of rotatable bonds is 5. The third-order valence-corrected chi connectivity index (χ3v) is 1.96. The second-order valence-electron chi connectivity index (χ2n) is 4.41. The Bertz CT molecular complexity index is 45.1. The minimum atomic E-state index is 1.25. The molecule has 0 atom stereocenters. The summed E-state index contributed by atoms with van der Waals surface area (Å²) in [6, 6.07) is 0. The van der Waals surface area contributed by atoms with Gasteiger partial charge >= 0.3 is 0 Å². The van der Waals surface area contributed by atoms with Gasteiger partial charge in [-0.1, -0.05) is 127 Å². The van der Waals surface area contributed by atoms with E-state index in [0.717, 1.165) is 0 Å². The second kappa shape index (κ2) is 64.2. The molecule has 0 aliphatic heterocycles. The first-order valence-electron chi connectivity index (χ1n) is 9.16. The van der Waals surface area contributed by atoms with Gasteiger partial charge in [0.15, 0.2) is 0 Å². The maximum atomic E-state index is 2.23. The highest BCUT2D eigenvalue weighted by Crippen LogP contribution is 1.95. The normalized spacial score (nSPS) is 7.26. The Hall–Kier alpha value is 0. The summed E-state index contributed by atoms with van der Waals surface area (Å²) in [5.74, 6) is 0. The zero-order valence-corrected chi connectivity index (χ0v) is 16.4. The Morgan fingerprint density at radius 2 is 0.526 bits per heavy atom. The van der Waals surface area contributed by atoms with Gasteiger partial charge in [0.05, 0.1) is 0 Å². The van der Waals surface area contributed by atoms with Crippen molar-refractivity contribution in [2.75, 3.05) is 0 Å². The van der Waals surface area contributed by atoms with Crippen LogP contribution in [0.15, 0.2) is 0 Å². The monoisotopic (exact) mass is 276 g/mol. The maximum absolute atomic E-state index is 2.23. The van der Waals surface area contributed by atoms with E-state index in [1.165, 1.54) is 57.8 Å². The summed E-state index contributed by atoms with van der Waals surface area (Å²) in [4.78, 5) is 0. The van der Waals surface area contributed by atoms with Crippen molar-refractivity contribution in [3.05, 3.63) is 0 Å². The predicted molar refractivity (Wildman–Crippen MR) is 98.3 cm³/mol. The van der Waals surface area contributed by atoms with Crippen molar-refractivity contribution in [2.24, 2.45) is 0 Å². The van der Waals surface area contributed by atoms with Crippen LogP contribution in [0.5, 0.6) is 0 Å². The molecule has 0 N–H and O–H groups in total. The van der Waals surface area contributed by atoms with Gasteiger partial charge in [0.1, 0.15) is 0 Å². The minimum Gasteiger partial charge on any atom is -0.0683 e. The fourth-order valence-electron chi connectivity index (χ4n) is 0.500. The first-order valence-corrected chi connectivity index (χ1v) is 9.16. The van der Waals surface area contributed by atoms with Crippen LogP contribution in [-0.2, 0) is 0 Å². The largest absolute Gasteiger partial charge is 0.0683 e. The third kappa shape index (κ3) is 184. The highest BCUT2D eigenvalue weighted by atomic mass is 13.8. The fourth-order valence-corrected chi connectivity index (χ4v) is 0.500. The van der Waals surface area contributed by atoms with Gasteiger partial charge < -0.3 is 0 Å². The van der Waals surface area contributed by atoms with E-state index < -0.39 is 0 Å². The van der Waals surface area contributed by atoms with Gasteiger partial charge in [0.2, 0.25) is 0 Å². The molecule has 0 aromatic heterocycles. The second-order valence-corrected chi connectivity index (χ2v) is 4.41. The van der Waals surface area contributed by atoms with E-state index in [2.05, 4.69) is 55.4 Å². The van der Waals surface area contributed by atoms with E-state index in [-0.39, 0.29) is 0 Å². The van der Waals surface area contributed by atoms with Crippen LogP contribution < -0.4 is 0 Å². The predicted octanol–water partition coefficient (Wildman–Crippen LogP) is 8.64. The lowest BCUT2D eigenvalue weighted by Gasteiger charge is -1.86. The Morgan fingerprint density at radius 1 is 0.368 bits per heavy atom. The van der Waals surface area contributed by atoms with E-state index in [4.69, 9.17) is 0 Å². The molecule has 0 saturated carbocycles. The lowest BCUT2D eigenvalue weighted by molar-refractivity contribution is 0.702. The average molecular weight is 277 g/mol. The lowest BCUT2D eigenvalue weighted by Crippen LogP contribution is -1.66. The highest BCUT2D eigenvalue weighted by Gasteiger charge is 1.75. The zero-order valence-electron chi connectivity index (χ0n) is 16.4. The average Bonchev–Trinajstić information content (AvgIpc) is 2.48. The van der Waals surface area contributed by atoms with Crippen molar-refractivity contribution in [2.45, 2.75) is 127 Å². The molecule has 0 amide bonds. The Kier molecular flexibility index (Phi) is 106. The molecule has 0 fully saturated rings. The van der Waals surface area contributed by atoms with Gasteiger partial charge in [-0.2, -0.15) is 0 Å². The number of hydrogen-bond donors (Lipinski definition) is 0. The molecule has 0 aliphatic rings. The van der Waals surface area contributed by atoms with Gasteiger partial charge in [0.25, 0.3) is 0 Å². The smallest absolute Gasteiger partial charge is 0.0536 e. The van der Waals surface area contributed by atoms with Crippen LogP contribution in [0.1, 0.15) is 127 Å². The van der Waals surface area contributed by atoms with Crippen molar-refractivity contribution in [3.63, 3.8) is 0 Å². The molecule has 0 bridgehead atoms. The first-order chi connectivity index (χ1) is 9.16. The molecule has 0 aromatic carbocycles. The first kappa shape index (κ1) is 31.4. The molecule has 124 valence electrons. The van der Waals surface area contributed by atoms with Gasteiger partial charge in [-0.3, -0.25) is 0 Å². The number of hydrogen-bond acceptors (Lipinski definition) is 0. The molecule has 0 nitrogen and oxygen atoms in total. The fraction of sp³-hybridized carbons (Fsp3) is 1.00. The van der Waals surface area contributed by atoms with Crippen LogP contribution in [0, 0.1) is 0 Å². The van der Waals surface area contributed by atoms with E-state index in [0.29, 0.717) is 0 Å². The molecule has 0 heterocycles. The van der Waals surface area contributed by atoms with Gasteiger partial charge in [-0.25, -0.2) is 0 Å². The van der Waals surface area contributed by atoms with Crippen molar-refractivity contribution in [1.82, 2.24) is 0 Å². The SMILES string of the molecule is CC.CCC.CCCC.CCCC.CCCCCC. The van der Waals surface area contributed by atoms with Crippen molar-refractivity contribution < 1.29 is 0 Å². The topological polar surface area (TPSA) is 0 Å². The van der Waals surface area contributed by atoms with Gasteiger partial charge in [-0.15, -0.1) is 0 Å². The summed E-state index contributed by atoms with van der Waals surface area (Å²) in [7, 11) is 0. The molecule has 0 unspecified atom stereocenters. The van der Waals surface area contributed by atoms with Gasteiger partial charge in [0, 0.05) is 0 Å². The van der Waals surface area contributed by atoms with Crippen LogP contribution in [0.3, 0.4) is 0 Å². The summed E-state index contributed by atoms with van der Waals surface area (Å²) in [6.45, 7) is 21.4. The van der Waals surface area contributed by atoms with Crippen molar-refractivity contribution in [1.29, 1.82) is 0 Å². The minimum absolute atomic E-state index is 1.25. The Labute approximate surface area is 127 Å². The van der Waals surface area contributed by atoms with E-state index >= 15 is 0 Å². The summed E-state index contributed by atoms with van der Waals surface area (Å²) in [5.41, 5.74) is 0.